The monoisotopic (exact) mass is 438 g/mol. The predicted octanol–water partition coefficient (Wildman–Crippen LogP) is 2.50. The Morgan fingerprint density at radius 1 is 1.12 bits per heavy atom. The van der Waals surface area contributed by atoms with Gasteiger partial charge in [0.25, 0.3) is 0 Å². The Hall–Kier alpha value is -2.84. The van der Waals surface area contributed by atoms with Crippen molar-refractivity contribution in [2.75, 3.05) is 24.5 Å². The maximum Gasteiger partial charge on any atom is 0.228 e. The van der Waals surface area contributed by atoms with Crippen LogP contribution in [0, 0.1) is 19.8 Å². The fourth-order valence-corrected chi connectivity index (χ4v) is 4.76. The molecule has 32 heavy (non-hydrogen) atoms. The largest absolute Gasteiger partial charge is 0.342 e. The highest BCUT2D eigenvalue weighted by atomic mass is 16.5. The molecule has 9 heteroatoms. The highest BCUT2D eigenvalue weighted by Crippen LogP contribution is 2.36. The number of carbonyl (C=O) groups is 2. The molecule has 5 rings (SSSR count). The van der Waals surface area contributed by atoms with Crippen LogP contribution in [0.5, 0.6) is 0 Å². The molecule has 1 aliphatic carbocycles. The van der Waals surface area contributed by atoms with E-state index in [2.05, 4.69) is 10.1 Å². The van der Waals surface area contributed by atoms with E-state index in [-0.39, 0.29) is 17.7 Å². The van der Waals surface area contributed by atoms with E-state index in [0.717, 1.165) is 48.8 Å². The van der Waals surface area contributed by atoms with Crippen LogP contribution < -0.4 is 4.90 Å². The zero-order chi connectivity index (χ0) is 22.2. The molecule has 2 aliphatic heterocycles. The Bertz CT molecular complexity index is 1030. The maximum atomic E-state index is 12.8. The zero-order valence-electron chi connectivity index (χ0n) is 18.8. The first-order chi connectivity index (χ1) is 15.5. The molecule has 4 heterocycles. The van der Waals surface area contributed by atoms with Gasteiger partial charge in [0, 0.05) is 56.1 Å². The number of rotatable bonds is 6. The Labute approximate surface area is 187 Å². The molecule has 2 amide bonds. The summed E-state index contributed by atoms with van der Waals surface area (Å²) in [6.07, 6.45) is 6.30. The van der Waals surface area contributed by atoms with Gasteiger partial charge in [-0.05, 0) is 51.9 Å². The summed E-state index contributed by atoms with van der Waals surface area (Å²) in [7, 11) is 0. The summed E-state index contributed by atoms with van der Waals surface area (Å²) in [5.41, 5.74) is 2.07. The second-order valence-electron chi connectivity index (χ2n) is 9.33. The lowest BCUT2D eigenvalue weighted by Crippen LogP contribution is -2.41. The number of likely N-dealkylation sites (tertiary alicyclic amines) is 1. The van der Waals surface area contributed by atoms with Gasteiger partial charge >= 0.3 is 0 Å². The van der Waals surface area contributed by atoms with Crippen molar-refractivity contribution in [3.63, 3.8) is 0 Å². The third kappa shape index (κ3) is 4.38. The van der Waals surface area contributed by atoms with Gasteiger partial charge in [-0.1, -0.05) is 5.16 Å². The summed E-state index contributed by atoms with van der Waals surface area (Å²) in [4.78, 5) is 43.2. The number of aromatic nitrogens is 4. The third-order valence-electron chi connectivity index (χ3n) is 6.75. The van der Waals surface area contributed by atoms with Crippen LogP contribution in [0.1, 0.15) is 73.2 Å². The fraction of sp³-hybridized carbons (Fsp3) is 0.652. The van der Waals surface area contributed by atoms with Gasteiger partial charge in [0.15, 0.2) is 5.82 Å². The third-order valence-corrected chi connectivity index (χ3v) is 6.75. The first-order valence-corrected chi connectivity index (χ1v) is 11.7. The van der Waals surface area contributed by atoms with Gasteiger partial charge in [-0.2, -0.15) is 4.98 Å². The molecule has 1 saturated heterocycles. The zero-order valence-corrected chi connectivity index (χ0v) is 18.8. The summed E-state index contributed by atoms with van der Waals surface area (Å²) < 4.78 is 5.12. The molecule has 9 nitrogen and oxygen atoms in total. The Morgan fingerprint density at radius 2 is 1.97 bits per heavy atom. The average molecular weight is 439 g/mol. The Morgan fingerprint density at radius 3 is 2.72 bits per heavy atom. The summed E-state index contributed by atoms with van der Waals surface area (Å²) in [5.74, 6) is 3.61. The van der Waals surface area contributed by atoms with Crippen LogP contribution in [-0.2, 0) is 22.4 Å². The highest BCUT2D eigenvalue weighted by Gasteiger charge is 2.34. The number of aryl methyl sites for hydroxylation is 3. The van der Waals surface area contributed by atoms with Crippen LogP contribution in [0.25, 0.3) is 0 Å². The minimum Gasteiger partial charge on any atom is -0.342 e. The number of hydrogen-bond acceptors (Lipinski definition) is 7. The molecule has 3 aliphatic rings. The topological polar surface area (TPSA) is 105 Å². The number of hydrogen-bond donors (Lipinski definition) is 0. The van der Waals surface area contributed by atoms with Gasteiger partial charge in [0.2, 0.25) is 17.7 Å². The van der Waals surface area contributed by atoms with Crippen molar-refractivity contribution < 1.29 is 14.1 Å². The first kappa shape index (κ1) is 21.0. The summed E-state index contributed by atoms with van der Waals surface area (Å²) in [5, 5.41) is 3.78. The lowest BCUT2D eigenvalue weighted by Gasteiger charge is -2.34. The molecule has 2 aromatic heterocycles. The van der Waals surface area contributed by atoms with Gasteiger partial charge in [-0.25, -0.2) is 9.97 Å². The number of piperidine rings is 1. The van der Waals surface area contributed by atoms with E-state index in [1.54, 1.807) is 6.92 Å². The summed E-state index contributed by atoms with van der Waals surface area (Å²) in [6, 6.07) is 0. The first-order valence-electron chi connectivity index (χ1n) is 11.7. The molecular formula is C23H30N6O3. The standard InChI is InChI=1S/C23H30N6O3/c1-14-18-7-9-21(31)29(12-16-5-6-16)23(18)26-22(24-14)17-4-3-11-28(13-17)20(30)10-8-19-25-15(2)27-32-19/h16-17H,3-13H2,1-2H3. The van der Waals surface area contributed by atoms with Crippen LogP contribution in [-0.4, -0.2) is 56.5 Å². The van der Waals surface area contributed by atoms with Gasteiger partial charge in [-0.15, -0.1) is 0 Å². The van der Waals surface area contributed by atoms with E-state index >= 15 is 0 Å². The molecule has 0 radical (unpaired) electrons. The lowest BCUT2D eigenvalue weighted by molar-refractivity contribution is -0.132. The molecule has 0 spiro atoms. The van der Waals surface area contributed by atoms with Crippen LogP contribution in [0.15, 0.2) is 4.52 Å². The van der Waals surface area contributed by atoms with Crippen LogP contribution >= 0.6 is 0 Å². The maximum absolute atomic E-state index is 12.8. The molecule has 1 saturated carbocycles. The summed E-state index contributed by atoms with van der Waals surface area (Å²) >= 11 is 0. The van der Waals surface area contributed by atoms with Crippen molar-refractivity contribution in [3.8, 4) is 0 Å². The summed E-state index contributed by atoms with van der Waals surface area (Å²) in [6.45, 7) is 5.91. The molecule has 0 bridgehead atoms. The number of anilines is 1. The van der Waals surface area contributed by atoms with Crippen molar-refractivity contribution in [2.24, 2.45) is 5.92 Å². The molecule has 0 N–H and O–H groups in total. The van der Waals surface area contributed by atoms with Gasteiger partial charge in [0.05, 0.1) is 0 Å². The lowest BCUT2D eigenvalue weighted by atomic mass is 9.95. The Balaban J connectivity index is 1.30. The quantitative estimate of drug-likeness (QED) is 0.682. The average Bonchev–Trinajstić information content (AvgIpc) is 3.52. The van der Waals surface area contributed by atoms with E-state index in [4.69, 9.17) is 14.5 Å². The number of amides is 2. The van der Waals surface area contributed by atoms with Gasteiger partial charge in [0.1, 0.15) is 11.6 Å². The van der Waals surface area contributed by atoms with Crippen molar-refractivity contribution in [1.29, 1.82) is 0 Å². The smallest absolute Gasteiger partial charge is 0.228 e. The second kappa shape index (κ2) is 8.60. The molecule has 2 fully saturated rings. The minimum absolute atomic E-state index is 0.0853. The predicted molar refractivity (Wildman–Crippen MR) is 116 cm³/mol. The molecular weight excluding hydrogens is 408 g/mol. The SMILES string of the molecule is Cc1noc(CCC(=O)N2CCCC(c3nc(C)c4c(n3)N(CC3CC3)C(=O)CC4)C2)n1. The van der Waals surface area contributed by atoms with Crippen LogP contribution in [0.4, 0.5) is 5.82 Å². The number of carbonyl (C=O) groups excluding carboxylic acids is 2. The van der Waals surface area contributed by atoms with E-state index in [9.17, 15) is 9.59 Å². The molecule has 1 unspecified atom stereocenters. The van der Waals surface area contributed by atoms with E-state index in [0.29, 0.717) is 49.9 Å². The number of nitrogens with zero attached hydrogens (tertiary/aromatic N) is 6. The molecule has 1 atom stereocenters. The van der Waals surface area contributed by atoms with Crippen molar-refractivity contribution in [3.05, 3.63) is 28.8 Å². The fourth-order valence-electron chi connectivity index (χ4n) is 4.76. The molecule has 2 aromatic rings. The van der Waals surface area contributed by atoms with E-state index in [1.165, 1.54) is 12.8 Å². The van der Waals surface area contributed by atoms with E-state index in [1.807, 2.05) is 16.7 Å². The highest BCUT2D eigenvalue weighted by molar-refractivity contribution is 5.95. The second-order valence-corrected chi connectivity index (χ2v) is 9.33. The van der Waals surface area contributed by atoms with Crippen molar-refractivity contribution >= 4 is 17.6 Å². The minimum atomic E-state index is 0.0853. The van der Waals surface area contributed by atoms with Crippen LogP contribution in [0.3, 0.4) is 0 Å². The normalized spacial score (nSPS) is 21.1. The van der Waals surface area contributed by atoms with Crippen molar-refractivity contribution in [2.45, 2.75) is 71.1 Å². The van der Waals surface area contributed by atoms with Crippen LogP contribution in [0.2, 0.25) is 0 Å². The molecule has 170 valence electrons. The van der Waals surface area contributed by atoms with Gasteiger partial charge < -0.3 is 9.42 Å². The molecule has 0 aromatic carbocycles. The Kier molecular flexibility index (Phi) is 5.65. The number of fused-ring (bicyclic) bond motifs is 1. The van der Waals surface area contributed by atoms with E-state index < -0.39 is 0 Å². The van der Waals surface area contributed by atoms with Crippen molar-refractivity contribution in [1.82, 2.24) is 25.0 Å². The van der Waals surface area contributed by atoms with Gasteiger partial charge in [-0.3, -0.25) is 14.5 Å².